The van der Waals surface area contributed by atoms with Crippen LogP contribution in [0.1, 0.15) is 16.8 Å². The van der Waals surface area contributed by atoms with Crippen molar-refractivity contribution in [2.24, 2.45) is 0 Å². The van der Waals surface area contributed by atoms with Gasteiger partial charge in [0.2, 0.25) is 0 Å². The second-order valence-corrected chi connectivity index (χ2v) is 4.60. The van der Waals surface area contributed by atoms with Gasteiger partial charge in [-0.2, -0.15) is 0 Å². The number of carbonyl (C=O) groups is 1. The molecule has 0 aliphatic carbocycles. The zero-order chi connectivity index (χ0) is 13.0. The van der Waals surface area contributed by atoms with Crippen molar-refractivity contribution in [2.75, 3.05) is 19.6 Å². The number of amides is 1. The first-order valence-corrected chi connectivity index (χ1v) is 6.20. The van der Waals surface area contributed by atoms with E-state index >= 15 is 0 Å². The molecule has 2 rings (SSSR count). The van der Waals surface area contributed by atoms with Gasteiger partial charge in [-0.1, -0.05) is 23.3 Å². The Hall–Kier alpha value is -1.52. The number of hydrogen-bond donors (Lipinski definition) is 3. The minimum absolute atomic E-state index is 0.0979. The van der Waals surface area contributed by atoms with E-state index in [4.69, 9.17) is 11.6 Å². The number of hydrogen-bond acceptors (Lipinski definition) is 3. The van der Waals surface area contributed by atoms with Crippen LogP contribution in [0.15, 0.2) is 29.8 Å². The van der Waals surface area contributed by atoms with Crippen LogP contribution in [-0.4, -0.2) is 30.6 Å². The fraction of sp³-hybridized carbons (Fsp3) is 0.308. The number of aromatic hydroxyl groups is 1. The van der Waals surface area contributed by atoms with E-state index in [9.17, 15) is 9.90 Å². The van der Waals surface area contributed by atoms with E-state index in [0.29, 0.717) is 11.6 Å². The van der Waals surface area contributed by atoms with Crippen LogP contribution in [0.2, 0.25) is 5.02 Å². The van der Waals surface area contributed by atoms with Gasteiger partial charge >= 0.3 is 0 Å². The Morgan fingerprint density at radius 1 is 1.50 bits per heavy atom. The molecule has 0 saturated carbocycles. The number of phenols is 1. The third kappa shape index (κ3) is 3.24. The lowest BCUT2D eigenvalue weighted by Crippen LogP contribution is -2.29. The van der Waals surface area contributed by atoms with Gasteiger partial charge < -0.3 is 15.7 Å². The molecule has 0 fully saturated rings. The predicted octanol–water partition coefficient (Wildman–Crippen LogP) is 1.70. The average molecular weight is 267 g/mol. The minimum Gasteiger partial charge on any atom is -0.507 e. The molecule has 3 N–H and O–H groups in total. The molecular weight excluding hydrogens is 252 g/mol. The van der Waals surface area contributed by atoms with E-state index in [1.54, 1.807) is 6.07 Å². The highest BCUT2D eigenvalue weighted by molar-refractivity contribution is 6.30. The van der Waals surface area contributed by atoms with E-state index < -0.39 is 0 Å². The largest absolute Gasteiger partial charge is 0.507 e. The van der Waals surface area contributed by atoms with Crippen LogP contribution in [0.3, 0.4) is 0 Å². The van der Waals surface area contributed by atoms with E-state index in [2.05, 4.69) is 16.7 Å². The number of rotatable bonds is 3. The number of benzene rings is 1. The van der Waals surface area contributed by atoms with Crippen LogP contribution in [0.5, 0.6) is 5.75 Å². The Bertz CT molecular complexity index is 486. The molecule has 4 nitrogen and oxygen atoms in total. The van der Waals surface area contributed by atoms with Gasteiger partial charge in [0.15, 0.2) is 0 Å². The third-order valence-electron chi connectivity index (χ3n) is 2.84. The van der Waals surface area contributed by atoms with Crippen molar-refractivity contribution in [1.29, 1.82) is 0 Å². The van der Waals surface area contributed by atoms with E-state index in [-0.39, 0.29) is 17.2 Å². The molecule has 1 aliphatic rings. The molecular formula is C13H15ClN2O2. The zero-order valence-electron chi connectivity index (χ0n) is 9.87. The molecule has 96 valence electrons. The summed E-state index contributed by atoms with van der Waals surface area (Å²) in [6, 6.07) is 4.46. The molecule has 0 saturated heterocycles. The van der Waals surface area contributed by atoms with Gasteiger partial charge in [0.1, 0.15) is 5.75 Å². The molecule has 1 heterocycles. The van der Waals surface area contributed by atoms with Crippen molar-refractivity contribution >= 4 is 17.5 Å². The Labute approximate surface area is 111 Å². The monoisotopic (exact) mass is 266 g/mol. The summed E-state index contributed by atoms with van der Waals surface area (Å²) in [5, 5.41) is 16.0. The zero-order valence-corrected chi connectivity index (χ0v) is 10.6. The maximum absolute atomic E-state index is 11.9. The second-order valence-electron chi connectivity index (χ2n) is 4.16. The highest BCUT2D eigenvalue weighted by Gasteiger charge is 2.12. The van der Waals surface area contributed by atoms with Gasteiger partial charge in [-0.05, 0) is 31.2 Å². The Morgan fingerprint density at radius 2 is 2.33 bits per heavy atom. The van der Waals surface area contributed by atoms with Gasteiger partial charge in [-0.3, -0.25) is 4.79 Å². The molecule has 1 aromatic rings. The third-order valence-corrected chi connectivity index (χ3v) is 3.07. The van der Waals surface area contributed by atoms with Gasteiger partial charge in [-0.15, -0.1) is 0 Å². The molecule has 1 aliphatic heterocycles. The van der Waals surface area contributed by atoms with Crippen molar-refractivity contribution in [3.8, 4) is 5.75 Å². The molecule has 1 amide bonds. The highest BCUT2D eigenvalue weighted by Crippen LogP contribution is 2.21. The van der Waals surface area contributed by atoms with Crippen LogP contribution < -0.4 is 10.6 Å². The highest BCUT2D eigenvalue weighted by atomic mass is 35.5. The van der Waals surface area contributed by atoms with Gasteiger partial charge in [0.05, 0.1) is 5.56 Å². The van der Waals surface area contributed by atoms with Crippen LogP contribution >= 0.6 is 11.6 Å². The second kappa shape index (κ2) is 5.89. The maximum Gasteiger partial charge on any atom is 0.255 e. The van der Waals surface area contributed by atoms with E-state index in [1.165, 1.54) is 17.7 Å². The van der Waals surface area contributed by atoms with Crippen LogP contribution in [0, 0.1) is 0 Å². The number of nitrogens with one attached hydrogen (secondary N) is 2. The standard InChI is InChI=1S/C13H15ClN2O2/c14-10-1-2-11(12(17)7-10)13(18)16-8-9-3-5-15-6-4-9/h1-3,7,15,17H,4-6,8H2,(H,16,18). The summed E-state index contributed by atoms with van der Waals surface area (Å²) in [6.45, 7) is 2.30. The van der Waals surface area contributed by atoms with Crippen molar-refractivity contribution in [1.82, 2.24) is 10.6 Å². The molecule has 0 aromatic heterocycles. The van der Waals surface area contributed by atoms with Gasteiger partial charge in [0.25, 0.3) is 5.91 Å². The Kier molecular flexibility index (Phi) is 4.23. The van der Waals surface area contributed by atoms with Crippen LogP contribution in [0.4, 0.5) is 0 Å². The summed E-state index contributed by atoms with van der Waals surface area (Å²) in [5.41, 5.74) is 1.45. The topological polar surface area (TPSA) is 61.4 Å². The lowest BCUT2D eigenvalue weighted by atomic mass is 10.1. The minimum atomic E-state index is -0.288. The van der Waals surface area contributed by atoms with Crippen molar-refractivity contribution in [3.63, 3.8) is 0 Å². The normalized spacial score (nSPS) is 15.1. The summed E-state index contributed by atoms with van der Waals surface area (Å²) in [4.78, 5) is 11.9. The van der Waals surface area contributed by atoms with E-state index in [0.717, 1.165) is 19.5 Å². The van der Waals surface area contributed by atoms with Crippen molar-refractivity contribution < 1.29 is 9.90 Å². The van der Waals surface area contributed by atoms with Gasteiger partial charge in [-0.25, -0.2) is 0 Å². The quantitative estimate of drug-likeness (QED) is 0.730. The summed E-state index contributed by atoms with van der Waals surface area (Å²) >= 11 is 5.71. The number of carbonyl (C=O) groups excluding carboxylic acids is 1. The average Bonchev–Trinajstić information content (AvgIpc) is 2.37. The molecule has 1 aromatic carbocycles. The van der Waals surface area contributed by atoms with Crippen molar-refractivity contribution in [3.05, 3.63) is 40.4 Å². The molecule has 0 unspecified atom stereocenters. The first-order valence-electron chi connectivity index (χ1n) is 5.82. The predicted molar refractivity (Wildman–Crippen MR) is 71.0 cm³/mol. The summed E-state index contributed by atoms with van der Waals surface area (Å²) in [6.07, 6.45) is 3.01. The first-order chi connectivity index (χ1) is 8.66. The SMILES string of the molecule is O=C(NCC1=CCNCC1)c1ccc(Cl)cc1O. The number of phenolic OH excluding ortho intramolecular Hbond substituents is 1. The molecule has 5 heteroatoms. The first kappa shape index (κ1) is 12.9. The summed E-state index contributed by atoms with van der Waals surface area (Å²) < 4.78 is 0. The Morgan fingerprint density at radius 3 is 3.00 bits per heavy atom. The Balaban J connectivity index is 1.97. The van der Waals surface area contributed by atoms with Crippen molar-refractivity contribution in [2.45, 2.75) is 6.42 Å². The number of halogens is 1. The van der Waals surface area contributed by atoms with E-state index in [1.807, 2.05) is 0 Å². The molecule has 0 atom stereocenters. The summed E-state index contributed by atoms with van der Waals surface area (Å²) in [7, 11) is 0. The van der Waals surface area contributed by atoms with Gasteiger partial charge in [0, 0.05) is 18.1 Å². The fourth-order valence-electron chi connectivity index (χ4n) is 1.82. The lowest BCUT2D eigenvalue weighted by Gasteiger charge is -2.14. The molecule has 0 radical (unpaired) electrons. The maximum atomic E-state index is 11.9. The summed E-state index contributed by atoms with van der Waals surface area (Å²) in [5.74, 6) is -0.386. The molecule has 18 heavy (non-hydrogen) atoms. The molecule has 0 bridgehead atoms. The van der Waals surface area contributed by atoms with Crippen LogP contribution in [0.25, 0.3) is 0 Å². The van der Waals surface area contributed by atoms with Crippen LogP contribution in [-0.2, 0) is 0 Å². The fourth-order valence-corrected chi connectivity index (χ4v) is 1.98. The smallest absolute Gasteiger partial charge is 0.255 e. The molecule has 0 spiro atoms. The lowest BCUT2D eigenvalue weighted by molar-refractivity contribution is 0.0954.